The number of amides is 1. The van der Waals surface area contributed by atoms with E-state index in [2.05, 4.69) is 0 Å². The second-order valence-corrected chi connectivity index (χ2v) is 5.81. The summed E-state index contributed by atoms with van der Waals surface area (Å²) in [5, 5.41) is 0.386. The molecule has 1 amide bonds. The molecule has 1 saturated carbocycles. The number of halogens is 1. The van der Waals surface area contributed by atoms with Gasteiger partial charge in [-0.15, -0.1) is 0 Å². The van der Waals surface area contributed by atoms with Gasteiger partial charge in [0.15, 0.2) is 11.5 Å². The summed E-state index contributed by atoms with van der Waals surface area (Å²) >= 11 is 6.17. The number of hydrogen-bond donors (Lipinski definition) is 0. The molecule has 0 heterocycles. The summed E-state index contributed by atoms with van der Waals surface area (Å²) in [6.07, 6.45) is 5.79. The Labute approximate surface area is 131 Å². The molecule has 1 fully saturated rings. The Hall–Kier alpha value is -1.42. The molecule has 0 unspecified atom stereocenters. The largest absolute Gasteiger partial charge is 0.493 e. The summed E-state index contributed by atoms with van der Waals surface area (Å²) < 4.78 is 10.4. The summed E-state index contributed by atoms with van der Waals surface area (Å²) in [5.74, 6) is 0.909. The maximum atomic E-state index is 12.6. The predicted molar refractivity (Wildman–Crippen MR) is 83.5 cm³/mol. The van der Waals surface area contributed by atoms with Crippen LogP contribution in [0.3, 0.4) is 0 Å². The second kappa shape index (κ2) is 7.03. The number of hydrogen-bond acceptors (Lipinski definition) is 3. The first kappa shape index (κ1) is 16.0. The van der Waals surface area contributed by atoms with E-state index in [0.717, 1.165) is 12.8 Å². The molecule has 1 aromatic carbocycles. The zero-order valence-electron chi connectivity index (χ0n) is 12.8. The van der Waals surface area contributed by atoms with E-state index >= 15 is 0 Å². The van der Waals surface area contributed by atoms with Crippen molar-refractivity contribution in [3.8, 4) is 11.5 Å². The fourth-order valence-corrected chi connectivity index (χ4v) is 3.17. The normalized spacial score (nSPS) is 15.6. The third-order valence-corrected chi connectivity index (χ3v) is 4.40. The van der Waals surface area contributed by atoms with Crippen molar-refractivity contribution in [3.05, 3.63) is 22.7 Å². The van der Waals surface area contributed by atoms with Gasteiger partial charge in [0.05, 0.1) is 19.2 Å². The van der Waals surface area contributed by atoms with E-state index in [-0.39, 0.29) is 5.91 Å². The quantitative estimate of drug-likeness (QED) is 0.850. The highest BCUT2D eigenvalue weighted by Crippen LogP contribution is 2.36. The van der Waals surface area contributed by atoms with Gasteiger partial charge in [-0.25, -0.2) is 0 Å². The maximum absolute atomic E-state index is 12.6. The van der Waals surface area contributed by atoms with E-state index in [9.17, 15) is 4.79 Å². The van der Waals surface area contributed by atoms with Crippen molar-refractivity contribution in [3.63, 3.8) is 0 Å². The number of carbonyl (C=O) groups is 1. The third-order valence-electron chi connectivity index (χ3n) is 4.12. The highest BCUT2D eigenvalue weighted by atomic mass is 35.5. The Kier molecular flexibility index (Phi) is 5.34. The Balaban J connectivity index is 2.24. The smallest absolute Gasteiger partial charge is 0.254 e. The SMILES string of the molecule is COc1cc(C(=O)N(C)C2CCCCC2)cc(Cl)c1OC. The molecule has 2 rings (SSSR count). The standard InChI is InChI=1S/C16H22ClNO3/c1-18(12-7-5-4-6-8-12)16(19)11-9-13(17)15(21-3)14(10-11)20-2/h9-10,12H,4-8H2,1-3H3. The molecule has 0 aliphatic heterocycles. The number of carbonyl (C=O) groups excluding carboxylic acids is 1. The molecule has 0 radical (unpaired) electrons. The van der Waals surface area contributed by atoms with Gasteiger partial charge in [0.2, 0.25) is 0 Å². The van der Waals surface area contributed by atoms with Crippen molar-refractivity contribution in [2.45, 2.75) is 38.1 Å². The monoisotopic (exact) mass is 311 g/mol. The minimum Gasteiger partial charge on any atom is -0.493 e. The molecule has 5 heteroatoms. The minimum atomic E-state index is -0.0234. The molecule has 1 aromatic rings. The maximum Gasteiger partial charge on any atom is 0.254 e. The zero-order chi connectivity index (χ0) is 15.4. The highest BCUT2D eigenvalue weighted by molar-refractivity contribution is 6.32. The van der Waals surface area contributed by atoms with Crippen molar-refractivity contribution < 1.29 is 14.3 Å². The summed E-state index contributed by atoms with van der Waals surface area (Å²) in [7, 11) is 4.93. The first-order valence-corrected chi connectivity index (χ1v) is 7.65. The average Bonchev–Trinajstić information content (AvgIpc) is 2.53. The fraction of sp³-hybridized carbons (Fsp3) is 0.562. The van der Waals surface area contributed by atoms with Crippen LogP contribution >= 0.6 is 11.6 Å². The minimum absolute atomic E-state index is 0.0234. The van der Waals surface area contributed by atoms with Gasteiger partial charge in [0.1, 0.15) is 0 Å². The van der Waals surface area contributed by atoms with E-state index in [1.807, 2.05) is 11.9 Å². The number of methoxy groups -OCH3 is 2. The molecule has 21 heavy (non-hydrogen) atoms. The highest BCUT2D eigenvalue weighted by Gasteiger charge is 2.24. The molecule has 0 aromatic heterocycles. The number of nitrogens with zero attached hydrogens (tertiary/aromatic N) is 1. The molecule has 0 spiro atoms. The molecular formula is C16H22ClNO3. The summed E-state index contributed by atoms with van der Waals surface area (Å²) in [6, 6.07) is 3.65. The first-order chi connectivity index (χ1) is 10.1. The van der Waals surface area contributed by atoms with E-state index in [1.54, 1.807) is 12.1 Å². The Bertz CT molecular complexity index is 512. The molecule has 0 N–H and O–H groups in total. The van der Waals surface area contributed by atoms with Gasteiger partial charge in [-0.1, -0.05) is 30.9 Å². The lowest BCUT2D eigenvalue weighted by Gasteiger charge is -2.31. The fourth-order valence-electron chi connectivity index (χ4n) is 2.88. The van der Waals surface area contributed by atoms with E-state index in [1.165, 1.54) is 33.5 Å². The predicted octanol–water partition coefficient (Wildman–Crippen LogP) is 3.76. The molecule has 4 nitrogen and oxygen atoms in total. The van der Waals surface area contributed by atoms with Gasteiger partial charge in [0.25, 0.3) is 5.91 Å². The van der Waals surface area contributed by atoms with Crippen LogP contribution in [-0.4, -0.2) is 38.1 Å². The second-order valence-electron chi connectivity index (χ2n) is 5.40. The topological polar surface area (TPSA) is 38.8 Å². The van der Waals surface area contributed by atoms with Crippen LogP contribution < -0.4 is 9.47 Å². The Morgan fingerprint density at radius 3 is 2.43 bits per heavy atom. The summed E-state index contributed by atoms with van der Waals surface area (Å²) in [4.78, 5) is 14.5. The lowest BCUT2D eigenvalue weighted by Crippen LogP contribution is -2.38. The zero-order valence-corrected chi connectivity index (χ0v) is 13.6. The molecule has 0 bridgehead atoms. The lowest BCUT2D eigenvalue weighted by molar-refractivity contribution is 0.0696. The first-order valence-electron chi connectivity index (χ1n) is 7.27. The summed E-state index contributed by atoms with van der Waals surface area (Å²) in [6.45, 7) is 0. The molecule has 0 saturated heterocycles. The van der Waals surface area contributed by atoms with Crippen LogP contribution in [0, 0.1) is 0 Å². The van der Waals surface area contributed by atoms with Crippen molar-refractivity contribution >= 4 is 17.5 Å². The van der Waals surface area contributed by atoms with Crippen LogP contribution in [0.25, 0.3) is 0 Å². The van der Waals surface area contributed by atoms with Gasteiger partial charge >= 0.3 is 0 Å². The van der Waals surface area contributed by atoms with Crippen LogP contribution in [0.1, 0.15) is 42.5 Å². The van der Waals surface area contributed by atoms with Crippen LogP contribution in [0.5, 0.6) is 11.5 Å². The van der Waals surface area contributed by atoms with Crippen molar-refractivity contribution in [2.75, 3.05) is 21.3 Å². The number of benzene rings is 1. The molecule has 1 aliphatic rings. The van der Waals surface area contributed by atoms with E-state index in [0.29, 0.717) is 28.1 Å². The van der Waals surface area contributed by atoms with E-state index in [4.69, 9.17) is 21.1 Å². The molecule has 116 valence electrons. The summed E-state index contributed by atoms with van der Waals surface area (Å²) in [5.41, 5.74) is 0.533. The Morgan fingerprint density at radius 2 is 1.86 bits per heavy atom. The molecule has 0 atom stereocenters. The van der Waals surface area contributed by atoms with Crippen LogP contribution in [0.2, 0.25) is 5.02 Å². The average molecular weight is 312 g/mol. The number of rotatable bonds is 4. The van der Waals surface area contributed by atoms with Gasteiger partial charge < -0.3 is 14.4 Å². The van der Waals surface area contributed by atoms with Crippen LogP contribution in [0.15, 0.2) is 12.1 Å². The van der Waals surface area contributed by atoms with Crippen molar-refractivity contribution in [1.82, 2.24) is 4.90 Å². The third kappa shape index (κ3) is 3.43. The van der Waals surface area contributed by atoms with E-state index < -0.39 is 0 Å². The van der Waals surface area contributed by atoms with Gasteiger partial charge in [-0.05, 0) is 25.0 Å². The lowest BCUT2D eigenvalue weighted by atomic mass is 9.94. The number of ether oxygens (including phenoxy) is 2. The van der Waals surface area contributed by atoms with Gasteiger partial charge in [-0.3, -0.25) is 4.79 Å². The van der Waals surface area contributed by atoms with Crippen LogP contribution in [-0.2, 0) is 0 Å². The van der Waals surface area contributed by atoms with Gasteiger partial charge in [-0.2, -0.15) is 0 Å². The Morgan fingerprint density at radius 1 is 1.19 bits per heavy atom. The van der Waals surface area contributed by atoms with Crippen molar-refractivity contribution in [2.24, 2.45) is 0 Å². The van der Waals surface area contributed by atoms with Gasteiger partial charge in [0, 0.05) is 18.7 Å². The van der Waals surface area contributed by atoms with Crippen molar-refractivity contribution in [1.29, 1.82) is 0 Å². The van der Waals surface area contributed by atoms with Crippen LogP contribution in [0.4, 0.5) is 0 Å². The molecular weight excluding hydrogens is 290 g/mol. The molecule has 1 aliphatic carbocycles.